The van der Waals surface area contributed by atoms with E-state index in [1.54, 1.807) is 0 Å². The first kappa shape index (κ1) is 24.5. The smallest absolute Gasteiger partial charge is 0.480 e. The maximum atomic E-state index is 11.8. The van der Waals surface area contributed by atoms with Crippen molar-refractivity contribution in [1.29, 1.82) is 0 Å². The number of carbonyl (C=O) groups excluding carboxylic acids is 3. The lowest BCUT2D eigenvalue weighted by atomic mass is 9.86. The van der Waals surface area contributed by atoms with E-state index in [1.165, 1.54) is 25.1 Å². The third kappa shape index (κ3) is 7.13. The standard InChI is InChI=1S/C18H23NO11/c1-10(28-15(22)25-2)8-18(19,14(20)21)9-11-5-6-12(29-16(23)26-3)13(7-11)30-17(24)27-4/h5-7,10H,8-9,19H2,1-4H3,(H,20,21)/t10-,18?/m0/s1. The summed E-state index contributed by atoms with van der Waals surface area (Å²) < 4.78 is 27.9. The van der Waals surface area contributed by atoms with Crippen LogP contribution in [0.5, 0.6) is 11.5 Å². The van der Waals surface area contributed by atoms with E-state index in [9.17, 15) is 24.3 Å². The van der Waals surface area contributed by atoms with E-state index < -0.39 is 36.1 Å². The Hall–Kier alpha value is -3.54. The molecule has 166 valence electrons. The number of ether oxygens (including phenoxy) is 6. The van der Waals surface area contributed by atoms with Gasteiger partial charge in [0.05, 0.1) is 21.3 Å². The Labute approximate surface area is 171 Å². The largest absolute Gasteiger partial charge is 0.513 e. The van der Waals surface area contributed by atoms with Crippen molar-refractivity contribution in [2.24, 2.45) is 5.73 Å². The van der Waals surface area contributed by atoms with Gasteiger partial charge in [0.15, 0.2) is 11.5 Å². The highest BCUT2D eigenvalue weighted by Gasteiger charge is 2.37. The van der Waals surface area contributed by atoms with E-state index in [4.69, 9.17) is 19.9 Å². The number of nitrogens with two attached hydrogens (primary N) is 1. The van der Waals surface area contributed by atoms with E-state index in [-0.39, 0.29) is 24.3 Å². The summed E-state index contributed by atoms with van der Waals surface area (Å²) in [6, 6.07) is 3.94. The van der Waals surface area contributed by atoms with Crippen LogP contribution in [-0.4, -0.2) is 62.5 Å². The van der Waals surface area contributed by atoms with Crippen molar-refractivity contribution in [3.8, 4) is 11.5 Å². The van der Waals surface area contributed by atoms with Crippen LogP contribution < -0.4 is 15.2 Å². The molecule has 30 heavy (non-hydrogen) atoms. The minimum Gasteiger partial charge on any atom is -0.480 e. The molecule has 0 aromatic heterocycles. The van der Waals surface area contributed by atoms with Crippen LogP contribution in [0.4, 0.5) is 14.4 Å². The van der Waals surface area contributed by atoms with E-state index in [0.29, 0.717) is 5.56 Å². The van der Waals surface area contributed by atoms with E-state index >= 15 is 0 Å². The van der Waals surface area contributed by atoms with Crippen LogP contribution >= 0.6 is 0 Å². The van der Waals surface area contributed by atoms with Crippen LogP contribution in [0, 0.1) is 0 Å². The number of hydrogen-bond acceptors (Lipinski definition) is 11. The van der Waals surface area contributed by atoms with Gasteiger partial charge in [-0.2, -0.15) is 0 Å². The van der Waals surface area contributed by atoms with Crippen molar-refractivity contribution in [3.05, 3.63) is 23.8 Å². The molecule has 0 radical (unpaired) electrons. The summed E-state index contributed by atoms with van der Waals surface area (Å²) in [4.78, 5) is 45.8. The molecule has 0 saturated carbocycles. The van der Waals surface area contributed by atoms with Gasteiger partial charge in [-0.3, -0.25) is 4.79 Å². The maximum absolute atomic E-state index is 11.8. The first-order valence-electron chi connectivity index (χ1n) is 8.46. The second-order valence-corrected chi connectivity index (χ2v) is 6.12. The molecular formula is C18H23NO11. The predicted molar refractivity (Wildman–Crippen MR) is 98.3 cm³/mol. The Balaban J connectivity index is 3.15. The van der Waals surface area contributed by atoms with Gasteiger partial charge in [-0.15, -0.1) is 0 Å². The second-order valence-electron chi connectivity index (χ2n) is 6.12. The molecule has 0 heterocycles. The van der Waals surface area contributed by atoms with Crippen molar-refractivity contribution >= 4 is 24.4 Å². The fourth-order valence-electron chi connectivity index (χ4n) is 2.46. The van der Waals surface area contributed by atoms with Crippen LogP contribution in [-0.2, 0) is 30.2 Å². The van der Waals surface area contributed by atoms with Crippen LogP contribution in [0.25, 0.3) is 0 Å². The molecule has 0 fully saturated rings. The Morgan fingerprint density at radius 2 is 1.50 bits per heavy atom. The van der Waals surface area contributed by atoms with Gasteiger partial charge in [0.25, 0.3) is 0 Å². The topological polar surface area (TPSA) is 170 Å². The molecule has 1 unspecified atom stereocenters. The van der Waals surface area contributed by atoms with Crippen LogP contribution in [0.15, 0.2) is 18.2 Å². The molecule has 3 N–H and O–H groups in total. The fraction of sp³-hybridized carbons (Fsp3) is 0.444. The van der Waals surface area contributed by atoms with Crippen molar-refractivity contribution in [2.45, 2.75) is 31.4 Å². The van der Waals surface area contributed by atoms with Gasteiger partial charge < -0.3 is 39.3 Å². The molecule has 2 atom stereocenters. The minimum absolute atomic E-state index is 0.170. The molecular weight excluding hydrogens is 406 g/mol. The monoisotopic (exact) mass is 429 g/mol. The van der Waals surface area contributed by atoms with Gasteiger partial charge in [-0.25, -0.2) is 14.4 Å². The lowest BCUT2D eigenvalue weighted by Crippen LogP contribution is -2.52. The normalized spacial score (nSPS) is 13.2. The number of rotatable bonds is 8. The Morgan fingerprint density at radius 1 is 0.967 bits per heavy atom. The maximum Gasteiger partial charge on any atom is 0.513 e. The summed E-state index contributed by atoms with van der Waals surface area (Å²) in [5, 5.41) is 9.60. The number of benzene rings is 1. The first-order valence-corrected chi connectivity index (χ1v) is 8.46. The molecule has 0 bridgehead atoms. The third-order valence-electron chi connectivity index (χ3n) is 3.79. The van der Waals surface area contributed by atoms with E-state index in [2.05, 4.69) is 14.2 Å². The quantitative estimate of drug-likeness (QED) is 0.350. The number of carbonyl (C=O) groups is 4. The van der Waals surface area contributed by atoms with Crippen LogP contribution in [0.3, 0.4) is 0 Å². The van der Waals surface area contributed by atoms with Gasteiger partial charge in [-0.1, -0.05) is 6.07 Å². The highest BCUT2D eigenvalue weighted by molar-refractivity contribution is 5.79. The Kier molecular flexibility index (Phi) is 8.86. The van der Waals surface area contributed by atoms with Gasteiger partial charge >= 0.3 is 24.4 Å². The number of hydrogen-bond donors (Lipinski definition) is 2. The summed E-state index contributed by atoms with van der Waals surface area (Å²) in [7, 11) is 3.28. The molecule has 1 aromatic carbocycles. The number of carboxylic acid groups (broad SMARTS) is 1. The number of carboxylic acids is 1. The van der Waals surface area contributed by atoms with Crippen molar-refractivity contribution < 1.29 is 52.7 Å². The average Bonchev–Trinajstić information content (AvgIpc) is 2.68. The molecule has 0 aliphatic rings. The number of methoxy groups -OCH3 is 3. The highest BCUT2D eigenvalue weighted by Crippen LogP contribution is 2.31. The number of aliphatic carboxylic acids is 1. The van der Waals surface area contributed by atoms with Gasteiger partial charge in [-0.05, 0) is 24.6 Å². The molecule has 12 nitrogen and oxygen atoms in total. The van der Waals surface area contributed by atoms with Crippen molar-refractivity contribution in [2.75, 3.05) is 21.3 Å². The molecule has 0 aliphatic heterocycles. The molecule has 0 aliphatic carbocycles. The zero-order valence-corrected chi connectivity index (χ0v) is 16.8. The zero-order chi connectivity index (χ0) is 22.9. The molecule has 12 heteroatoms. The SMILES string of the molecule is COC(=O)Oc1ccc(CC(N)(C[C@H](C)OC(=O)OC)C(=O)O)cc1OC(=O)OC. The molecule has 0 spiro atoms. The van der Waals surface area contributed by atoms with Crippen molar-refractivity contribution in [1.82, 2.24) is 0 Å². The van der Waals surface area contributed by atoms with E-state index in [0.717, 1.165) is 21.3 Å². The molecule has 1 rings (SSSR count). The summed E-state index contributed by atoms with van der Waals surface area (Å²) in [6.45, 7) is 1.46. The summed E-state index contributed by atoms with van der Waals surface area (Å²) in [5.41, 5.74) is 4.51. The fourth-order valence-corrected chi connectivity index (χ4v) is 2.46. The zero-order valence-electron chi connectivity index (χ0n) is 16.8. The lowest BCUT2D eigenvalue weighted by Gasteiger charge is -2.27. The van der Waals surface area contributed by atoms with E-state index in [1.807, 2.05) is 0 Å². The Bertz CT molecular complexity index is 794. The molecule has 1 aromatic rings. The summed E-state index contributed by atoms with van der Waals surface area (Å²) in [6.07, 6.45) is -4.50. The van der Waals surface area contributed by atoms with Gasteiger partial charge in [0.1, 0.15) is 11.6 Å². The molecule has 0 amide bonds. The summed E-state index contributed by atoms with van der Waals surface area (Å²) in [5.74, 6) is -1.75. The summed E-state index contributed by atoms with van der Waals surface area (Å²) >= 11 is 0. The predicted octanol–water partition coefficient (Wildman–Crippen LogP) is 1.86. The van der Waals surface area contributed by atoms with Crippen LogP contribution in [0.1, 0.15) is 18.9 Å². The Morgan fingerprint density at radius 3 is 2.00 bits per heavy atom. The minimum atomic E-state index is -1.85. The first-order chi connectivity index (χ1) is 14.0. The average molecular weight is 429 g/mol. The second kappa shape index (κ2) is 10.9. The third-order valence-corrected chi connectivity index (χ3v) is 3.79. The highest BCUT2D eigenvalue weighted by atomic mass is 16.7. The van der Waals surface area contributed by atoms with Gasteiger partial charge in [0.2, 0.25) is 0 Å². The van der Waals surface area contributed by atoms with Gasteiger partial charge in [0, 0.05) is 12.8 Å². The molecule has 0 saturated heterocycles. The van der Waals surface area contributed by atoms with Crippen LogP contribution in [0.2, 0.25) is 0 Å². The van der Waals surface area contributed by atoms with Crippen molar-refractivity contribution in [3.63, 3.8) is 0 Å². The lowest BCUT2D eigenvalue weighted by molar-refractivity contribution is -0.144.